The minimum Gasteiger partial charge on any atom is -0.256 e. The summed E-state index contributed by atoms with van der Waals surface area (Å²) in [6, 6.07) is 34.5. The lowest BCUT2D eigenvalue weighted by molar-refractivity contribution is 0.678. The van der Waals surface area contributed by atoms with E-state index in [4.69, 9.17) is 9.97 Å². The van der Waals surface area contributed by atoms with Crippen LogP contribution in [0.3, 0.4) is 0 Å². The molecule has 0 aliphatic heterocycles. The van der Waals surface area contributed by atoms with Crippen molar-refractivity contribution in [3.8, 4) is 22.5 Å². The molecule has 2 nitrogen and oxygen atoms in total. The molecule has 2 heteroatoms. The van der Waals surface area contributed by atoms with Crippen LogP contribution in [0.5, 0.6) is 0 Å². The van der Waals surface area contributed by atoms with Crippen LogP contribution in [-0.4, -0.2) is 9.97 Å². The van der Waals surface area contributed by atoms with Gasteiger partial charge in [-0.3, -0.25) is 9.97 Å². The SMILES string of the molecule is Cc1cc(-c2cc3ccccc3cn2)cc(-c2cccc(CCCCCc3ccccc3)c2)n1. The zero-order valence-electron chi connectivity index (χ0n) is 19.7. The normalized spacial score (nSPS) is 11.1. The summed E-state index contributed by atoms with van der Waals surface area (Å²) in [5.74, 6) is 0. The van der Waals surface area contributed by atoms with Crippen molar-refractivity contribution >= 4 is 10.8 Å². The van der Waals surface area contributed by atoms with Crippen molar-refractivity contribution in [2.75, 3.05) is 0 Å². The summed E-state index contributed by atoms with van der Waals surface area (Å²) in [4.78, 5) is 9.57. The number of hydrogen-bond donors (Lipinski definition) is 0. The van der Waals surface area contributed by atoms with Crippen LogP contribution in [0, 0.1) is 6.92 Å². The van der Waals surface area contributed by atoms with E-state index in [1.54, 1.807) is 0 Å². The second-order valence-corrected chi connectivity index (χ2v) is 9.05. The molecule has 5 aromatic rings. The van der Waals surface area contributed by atoms with E-state index < -0.39 is 0 Å². The fourth-order valence-electron chi connectivity index (χ4n) is 4.57. The highest BCUT2D eigenvalue weighted by molar-refractivity contribution is 5.85. The summed E-state index contributed by atoms with van der Waals surface area (Å²) in [6.07, 6.45) is 7.93. The number of pyridine rings is 2. The highest BCUT2D eigenvalue weighted by Gasteiger charge is 2.08. The topological polar surface area (TPSA) is 25.8 Å². The first-order chi connectivity index (χ1) is 16.7. The Hall–Kier alpha value is -3.78. The monoisotopic (exact) mass is 442 g/mol. The van der Waals surface area contributed by atoms with Crippen LogP contribution in [0.25, 0.3) is 33.3 Å². The average Bonchev–Trinajstić information content (AvgIpc) is 2.88. The van der Waals surface area contributed by atoms with Gasteiger partial charge in [0.15, 0.2) is 0 Å². The van der Waals surface area contributed by atoms with Gasteiger partial charge < -0.3 is 0 Å². The van der Waals surface area contributed by atoms with Gasteiger partial charge in [-0.15, -0.1) is 0 Å². The van der Waals surface area contributed by atoms with Crippen LogP contribution in [0.15, 0.2) is 103 Å². The van der Waals surface area contributed by atoms with Crippen molar-refractivity contribution < 1.29 is 0 Å². The summed E-state index contributed by atoms with van der Waals surface area (Å²) < 4.78 is 0. The summed E-state index contributed by atoms with van der Waals surface area (Å²) in [5, 5.41) is 2.37. The molecule has 0 saturated heterocycles. The van der Waals surface area contributed by atoms with E-state index in [-0.39, 0.29) is 0 Å². The molecule has 0 amide bonds. The number of benzene rings is 3. The van der Waals surface area contributed by atoms with E-state index in [0.29, 0.717) is 0 Å². The van der Waals surface area contributed by atoms with Gasteiger partial charge in [-0.2, -0.15) is 0 Å². The highest BCUT2D eigenvalue weighted by atomic mass is 14.7. The predicted molar refractivity (Wildman–Crippen MR) is 143 cm³/mol. The Morgan fingerprint density at radius 1 is 0.559 bits per heavy atom. The maximum atomic E-state index is 4.85. The molecule has 168 valence electrons. The lowest BCUT2D eigenvalue weighted by Crippen LogP contribution is -1.93. The number of aromatic nitrogens is 2. The highest BCUT2D eigenvalue weighted by Crippen LogP contribution is 2.27. The molecule has 0 saturated carbocycles. The zero-order chi connectivity index (χ0) is 23.2. The third-order valence-corrected chi connectivity index (χ3v) is 6.38. The molecule has 0 fully saturated rings. The second-order valence-electron chi connectivity index (χ2n) is 9.05. The van der Waals surface area contributed by atoms with Crippen LogP contribution in [0.4, 0.5) is 0 Å². The van der Waals surface area contributed by atoms with Crippen LogP contribution in [0.1, 0.15) is 36.1 Å². The van der Waals surface area contributed by atoms with Gasteiger partial charge in [-0.05, 0) is 73.4 Å². The molecule has 0 atom stereocenters. The molecule has 2 heterocycles. The molecule has 3 aromatic carbocycles. The van der Waals surface area contributed by atoms with E-state index in [9.17, 15) is 0 Å². The van der Waals surface area contributed by atoms with Gasteiger partial charge in [-0.1, -0.05) is 79.2 Å². The fourth-order valence-corrected chi connectivity index (χ4v) is 4.57. The predicted octanol–water partition coefficient (Wildman–Crippen LogP) is 8.23. The Morgan fingerprint density at radius 3 is 2.15 bits per heavy atom. The third-order valence-electron chi connectivity index (χ3n) is 6.38. The molecule has 2 aromatic heterocycles. The maximum Gasteiger partial charge on any atom is 0.0712 e. The standard InChI is InChI=1S/C32H30N2/c1-24-19-30(31-21-27-16-8-9-17-29(27)23-33-31)22-32(34-24)28-18-10-15-26(20-28)14-7-3-6-13-25-11-4-2-5-12-25/h2,4-5,8-12,15-23H,3,6-7,13-14H2,1H3. The van der Waals surface area contributed by atoms with E-state index in [2.05, 4.69) is 104 Å². The van der Waals surface area contributed by atoms with Crippen LogP contribution in [-0.2, 0) is 12.8 Å². The summed E-state index contributed by atoms with van der Waals surface area (Å²) in [7, 11) is 0. The Bertz CT molecular complexity index is 1390. The fraction of sp³-hybridized carbons (Fsp3) is 0.188. The van der Waals surface area contributed by atoms with Crippen LogP contribution < -0.4 is 0 Å². The van der Waals surface area contributed by atoms with Crippen molar-refractivity contribution in [1.82, 2.24) is 9.97 Å². The number of unbranched alkanes of at least 4 members (excludes halogenated alkanes) is 2. The molecule has 34 heavy (non-hydrogen) atoms. The van der Waals surface area contributed by atoms with E-state index in [1.807, 2.05) is 6.20 Å². The number of fused-ring (bicyclic) bond motifs is 1. The Kier molecular flexibility index (Phi) is 6.76. The molecule has 0 unspecified atom stereocenters. The number of nitrogens with zero attached hydrogens (tertiary/aromatic N) is 2. The number of rotatable bonds is 8. The number of hydrogen-bond acceptors (Lipinski definition) is 2. The van der Waals surface area contributed by atoms with Crippen molar-refractivity contribution in [2.24, 2.45) is 0 Å². The first kappa shape index (κ1) is 22.0. The maximum absolute atomic E-state index is 4.85. The molecule has 0 aliphatic rings. The first-order valence-electron chi connectivity index (χ1n) is 12.2. The molecule has 0 bridgehead atoms. The van der Waals surface area contributed by atoms with Gasteiger partial charge in [0.1, 0.15) is 0 Å². The largest absolute Gasteiger partial charge is 0.256 e. The lowest BCUT2D eigenvalue weighted by Gasteiger charge is -2.10. The van der Waals surface area contributed by atoms with Crippen molar-refractivity contribution in [2.45, 2.75) is 39.0 Å². The third kappa shape index (κ3) is 5.40. The summed E-state index contributed by atoms with van der Waals surface area (Å²) in [5.41, 5.74) is 8.11. The lowest BCUT2D eigenvalue weighted by atomic mass is 10.00. The Morgan fingerprint density at radius 2 is 1.29 bits per heavy atom. The van der Waals surface area contributed by atoms with Gasteiger partial charge in [0.25, 0.3) is 0 Å². The smallest absolute Gasteiger partial charge is 0.0712 e. The summed E-state index contributed by atoms with van der Waals surface area (Å²) in [6.45, 7) is 2.06. The Balaban J connectivity index is 1.29. The van der Waals surface area contributed by atoms with Crippen molar-refractivity contribution in [3.05, 3.63) is 120 Å². The van der Waals surface area contributed by atoms with Gasteiger partial charge in [0, 0.05) is 28.4 Å². The van der Waals surface area contributed by atoms with E-state index in [1.165, 1.54) is 47.8 Å². The van der Waals surface area contributed by atoms with Crippen LogP contribution >= 0.6 is 0 Å². The Labute approximate surface area is 202 Å². The van der Waals surface area contributed by atoms with Crippen molar-refractivity contribution in [3.63, 3.8) is 0 Å². The quantitative estimate of drug-likeness (QED) is 0.226. The molecule has 0 N–H and O–H groups in total. The van der Waals surface area contributed by atoms with E-state index in [0.717, 1.165) is 34.5 Å². The number of aryl methyl sites for hydroxylation is 3. The van der Waals surface area contributed by atoms with Gasteiger partial charge in [-0.25, -0.2) is 0 Å². The van der Waals surface area contributed by atoms with E-state index >= 15 is 0 Å². The zero-order valence-corrected chi connectivity index (χ0v) is 19.7. The molecule has 5 rings (SSSR count). The first-order valence-corrected chi connectivity index (χ1v) is 12.2. The molecular formula is C32H30N2. The van der Waals surface area contributed by atoms with Gasteiger partial charge in [0.05, 0.1) is 11.4 Å². The van der Waals surface area contributed by atoms with Gasteiger partial charge >= 0.3 is 0 Å². The molecular weight excluding hydrogens is 412 g/mol. The van der Waals surface area contributed by atoms with Crippen LogP contribution in [0.2, 0.25) is 0 Å². The van der Waals surface area contributed by atoms with Crippen molar-refractivity contribution in [1.29, 1.82) is 0 Å². The average molecular weight is 443 g/mol. The second kappa shape index (κ2) is 10.4. The molecule has 0 aliphatic carbocycles. The van der Waals surface area contributed by atoms with Gasteiger partial charge in [0.2, 0.25) is 0 Å². The molecule has 0 radical (unpaired) electrons. The summed E-state index contributed by atoms with van der Waals surface area (Å²) >= 11 is 0. The molecule has 0 spiro atoms. The minimum absolute atomic E-state index is 0.986. The minimum atomic E-state index is 0.986.